The molecule has 3 nitrogen and oxygen atoms in total. The highest BCUT2D eigenvalue weighted by atomic mass is 16.4. The molecule has 0 saturated heterocycles. The Morgan fingerprint density at radius 1 is 1.29 bits per heavy atom. The van der Waals surface area contributed by atoms with E-state index >= 15 is 0 Å². The summed E-state index contributed by atoms with van der Waals surface area (Å²) >= 11 is 0. The number of rotatable bonds is 9. The summed E-state index contributed by atoms with van der Waals surface area (Å²) in [5.74, 6) is -0.903. The van der Waals surface area contributed by atoms with Crippen molar-refractivity contribution >= 4 is 5.97 Å². The number of hydrogen-bond donors (Lipinski definition) is 1. The molecule has 0 atom stereocenters. The summed E-state index contributed by atoms with van der Waals surface area (Å²) in [5, 5.41) is 8.65. The molecule has 0 rings (SSSR count). The Morgan fingerprint density at radius 3 is 2.53 bits per heavy atom. The van der Waals surface area contributed by atoms with E-state index in [1.165, 1.54) is 0 Å². The number of aliphatic carboxylic acids is 1. The molecule has 0 fully saturated rings. The summed E-state index contributed by atoms with van der Waals surface area (Å²) in [6.45, 7) is 7.10. The third-order valence-electron chi connectivity index (χ3n) is 2.42. The lowest BCUT2D eigenvalue weighted by atomic mass is 10.2. The average Bonchev–Trinajstić information content (AvgIpc) is 2.30. The highest BCUT2D eigenvalue weighted by Crippen LogP contribution is 2.00. The Hall–Kier alpha value is -1.35. The van der Waals surface area contributed by atoms with Gasteiger partial charge < -0.3 is 10.0 Å². The van der Waals surface area contributed by atoms with Crippen molar-refractivity contribution in [2.45, 2.75) is 26.2 Å². The topological polar surface area (TPSA) is 40.5 Å². The summed E-state index contributed by atoms with van der Waals surface area (Å²) in [7, 11) is 1.98. The van der Waals surface area contributed by atoms with E-state index in [1.807, 2.05) is 14.0 Å². The number of unbranched alkanes of at least 4 members (excludes halogenated alkanes) is 1. The molecule has 96 valence electrons. The Bertz CT molecular complexity index is 293. The number of allylic oxidation sites excluding steroid dienone is 3. The molecule has 0 aliphatic rings. The zero-order valence-corrected chi connectivity index (χ0v) is 10.9. The lowest BCUT2D eigenvalue weighted by Crippen LogP contribution is -2.20. The number of nitrogens with zero attached hydrogens (tertiary/aromatic N) is 1. The van der Waals surface area contributed by atoms with Gasteiger partial charge in [-0.05, 0) is 33.2 Å². The number of likely N-dealkylation sites (N-methyl/N-ethyl adjacent to an activating group) is 1. The van der Waals surface area contributed by atoms with Crippen LogP contribution in [0.1, 0.15) is 26.2 Å². The van der Waals surface area contributed by atoms with E-state index in [0.717, 1.165) is 25.9 Å². The molecule has 0 aliphatic carbocycles. The van der Waals surface area contributed by atoms with Gasteiger partial charge >= 0.3 is 5.97 Å². The van der Waals surface area contributed by atoms with Gasteiger partial charge in [-0.3, -0.25) is 0 Å². The van der Waals surface area contributed by atoms with Crippen molar-refractivity contribution in [1.82, 2.24) is 4.90 Å². The Kier molecular flexibility index (Phi) is 9.06. The quantitative estimate of drug-likeness (QED) is 0.381. The van der Waals surface area contributed by atoms with Gasteiger partial charge in [0, 0.05) is 18.7 Å². The summed E-state index contributed by atoms with van der Waals surface area (Å²) in [6, 6.07) is 0. The van der Waals surface area contributed by atoms with Gasteiger partial charge in [0.05, 0.1) is 0 Å². The second-order valence-corrected chi connectivity index (χ2v) is 4.04. The van der Waals surface area contributed by atoms with Gasteiger partial charge in [0.25, 0.3) is 0 Å². The molecule has 0 unspecified atom stereocenters. The van der Waals surface area contributed by atoms with Crippen LogP contribution in [0.5, 0.6) is 0 Å². The maximum atomic E-state index is 10.5. The fraction of sp³-hybridized carbons (Fsp3) is 0.500. The van der Waals surface area contributed by atoms with Crippen molar-refractivity contribution in [3.05, 3.63) is 36.5 Å². The number of carboxylic acids is 1. The maximum Gasteiger partial charge on any atom is 0.331 e. The largest absolute Gasteiger partial charge is 0.478 e. The van der Waals surface area contributed by atoms with Crippen LogP contribution < -0.4 is 0 Å². The van der Waals surface area contributed by atoms with Gasteiger partial charge in [-0.25, -0.2) is 4.79 Å². The normalized spacial score (nSPS) is 11.7. The van der Waals surface area contributed by atoms with Gasteiger partial charge in [0.15, 0.2) is 0 Å². The zero-order valence-electron chi connectivity index (χ0n) is 10.9. The number of carboxylic acid groups (broad SMARTS) is 1. The van der Waals surface area contributed by atoms with Crippen LogP contribution in [-0.2, 0) is 4.79 Å². The molecule has 0 aromatic heterocycles. The van der Waals surface area contributed by atoms with Crippen LogP contribution >= 0.6 is 0 Å². The van der Waals surface area contributed by atoms with Crippen molar-refractivity contribution in [3.8, 4) is 0 Å². The third kappa shape index (κ3) is 9.57. The Balaban J connectivity index is 3.62. The van der Waals surface area contributed by atoms with Crippen molar-refractivity contribution < 1.29 is 9.90 Å². The number of carbonyl (C=O) groups is 1. The minimum atomic E-state index is -0.903. The van der Waals surface area contributed by atoms with Gasteiger partial charge in [0.1, 0.15) is 0 Å². The van der Waals surface area contributed by atoms with Crippen LogP contribution in [0.4, 0.5) is 0 Å². The molecule has 0 spiro atoms. The smallest absolute Gasteiger partial charge is 0.331 e. The zero-order chi connectivity index (χ0) is 13.1. The molecule has 17 heavy (non-hydrogen) atoms. The first kappa shape index (κ1) is 15.7. The lowest BCUT2D eigenvalue weighted by Gasteiger charge is -2.13. The summed E-state index contributed by atoms with van der Waals surface area (Å²) in [5.41, 5.74) is 0.272. The van der Waals surface area contributed by atoms with Gasteiger partial charge in [-0.2, -0.15) is 0 Å². The Morgan fingerprint density at radius 2 is 1.94 bits per heavy atom. The van der Waals surface area contributed by atoms with E-state index in [-0.39, 0.29) is 5.57 Å². The van der Waals surface area contributed by atoms with E-state index in [2.05, 4.69) is 35.8 Å². The summed E-state index contributed by atoms with van der Waals surface area (Å²) in [4.78, 5) is 12.6. The fourth-order valence-corrected chi connectivity index (χ4v) is 1.26. The molecule has 0 bridgehead atoms. The molecule has 0 aromatic rings. The van der Waals surface area contributed by atoms with E-state index < -0.39 is 5.97 Å². The maximum absolute atomic E-state index is 10.5. The first-order valence-electron chi connectivity index (χ1n) is 5.93. The van der Waals surface area contributed by atoms with Crippen LogP contribution in [-0.4, -0.2) is 36.1 Å². The molecular formula is C14H23NO2. The van der Waals surface area contributed by atoms with E-state index in [0.29, 0.717) is 6.42 Å². The van der Waals surface area contributed by atoms with Crippen molar-refractivity contribution in [3.63, 3.8) is 0 Å². The van der Waals surface area contributed by atoms with E-state index in [4.69, 9.17) is 5.11 Å². The molecule has 0 saturated carbocycles. The monoisotopic (exact) mass is 237 g/mol. The average molecular weight is 237 g/mol. The van der Waals surface area contributed by atoms with Gasteiger partial charge in [0.2, 0.25) is 0 Å². The highest BCUT2D eigenvalue weighted by molar-refractivity contribution is 5.85. The molecule has 0 heterocycles. The standard InChI is InChI=1S/C14H23NO2/c1-4-5-6-7-8-9-11-15(3)12-10-13(2)14(16)17/h4-5,8-9H,2,6-7,10-12H2,1,3H3,(H,16,17)/b5-4+,9-8+. The molecule has 1 N–H and O–H groups in total. The fourth-order valence-electron chi connectivity index (χ4n) is 1.26. The van der Waals surface area contributed by atoms with E-state index in [9.17, 15) is 4.79 Å². The highest BCUT2D eigenvalue weighted by Gasteiger charge is 2.04. The predicted octanol–water partition coefficient (Wildman–Crippen LogP) is 2.86. The van der Waals surface area contributed by atoms with E-state index in [1.54, 1.807) is 0 Å². The first-order chi connectivity index (χ1) is 8.07. The minimum Gasteiger partial charge on any atom is -0.478 e. The van der Waals surface area contributed by atoms with Gasteiger partial charge in [-0.15, -0.1) is 0 Å². The second-order valence-electron chi connectivity index (χ2n) is 4.04. The third-order valence-corrected chi connectivity index (χ3v) is 2.42. The van der Waals surface area contributed by atoms with Gasteiger partial charge in [-0.1, -0.05) is 30.9 Å². The summed E-state index contributed by atoms with van der Waals surface area (Å²) in [6.07, 6.45) is 11.1. The lowest BCUT2D eigenvalue weighted by molar-refractivity contribution is -0.132. The molecule has 0 radical (unpaired) electrons. The van der Waals surface area contributed by atoms with Crippen molar-refractivity contribution in [2.75, 3.05) is 20.1 Å². The SMILES string of the molecule is C=C(CCN(C)C/C=C/CC/C=C/C)C(=O)O. The molecule has 0 amide bonds. The van der Waals surface area contributed by atoms with Crippen LogP contribution in [0.2, 0.25) is 0 Å². The summed E-state index contributed by atoms with van der Waals surface area (Å²) < 4.78 is 0. The van der Waals surface area contributed by atoms with Crippen molar-refractivity contribution in [2.24, 2.45) is 0 Å². The first-order valence-corrected chi connectivity index (χ1v) is 5.93. The molecule has 0 aromatic carbocycles. The van der Waals surface area contributed by atoms with Crippen molar-refractivity contribution in [1.29, 1.82) is 0 Å². The van der Waals surface area contributed by atoms with Crippen LogP contribution in [0.15, 0.2) is 36.5 Å². The minimum absolute atomic E-state index is 0.272. The predicted molar refractivity (Wildman–Crippen MR) is 72.1 cm³/mol. The van der Waals surface area contributed by atoms with Crippen LogP contribution in [0.3, 0.4) is 0 Å². The van der Waals surface area contributed by atoms with Crippen LogP contribution in [0, 0.1) is 0 Å². The molecule has 0 aliphatic heterocycles. The molecule has 3 heteroatoms. The molecular weight excluding hydrogens is 214 g/mol. The number of hydrogen-bond acceptors (Lipinski definition) is 2. The second kappa shape index (κ2) is 9.85. The van der Waals surface area contributed by atoms with Crippen LogP contribution in [0.25, 0.3) is 0 Å². The Labute approximate surface area is 104 Å².